The lowest BCUT2D eigenvalue weighted by Gasteiger charge is -2.32. The van der Waals surface area contributed by atoms with E-state index in [1.807, 2.05) is 11.3 Å². The summed E-state index contributed by atoms with van der Waals surface area (Å²) in [6.45, 7) is 2.34. The van der Waals surface area contributed by atoms with Crippen molar-refractivity contribution in [3.05, 3.63) is 21.4 Å². The molecule has 0 aliphatic heterocycles. The molecule has 1 aromatic heterocycles. The third-order valence-electron chi connectivity index (χ3n) is 5.25. The molecular weight excluding hydrogens is 250 g/mol. The molecule has 0 amide bonds. The van der Waals surface area contributed by atoms with Gasteiger partial charge in [0.15, 0.2) is 0 Å². The lowest BCUT2D eigenvalue weighted by atomic mass is 9.76. The molecule has 3 rings (SSSR count). The van der Waals surface area contributed by atoms with Crippen LogP contribution in [-0.4, -0.2) is 0 Å². The standard InChI is InChI=1S/C17H27NS/c1-2-12-6-5-8-14(10-12)17(18)16-11-13-7-3-4-9-15(13)19-16/h11-12,14,17H,2-10,18H2,1H3. The van der Waals surface area contributed by atoms with E-state index in [-0.39, 0.29) is 0 Å². The minimum atomic E-state index is 0.310. The smallest absolute Gasteiger partial charge is 0.0418 e. The Morgan fingerprint density at radius 3 is 2.89 bits per heavy atom. The Hall–Kier alpha value is -0.340. The summed E-state index contributed by atoms with van der Waals surface area (Å²) in [4.78, 5) is 3.12. The maximum absolute atomic E-state index is 6.61. The Morgan fingerprint density at radius 1 is 1.26 bits per heavy atom. The van der Waals surface area contributed by atoms with Gasteiger partial charge in [-0.15, -0.1) is 11.3 Å². The van der Waals surface area contributed by atoms with Gasteiger partial charge >= 0.3 is 0 Å². The highest BCUT2D eigenvalue weighted by atomic mass is 32.1. The average molecular weight is 277 g/mol. The molecule has 2 heteroatoms. The van der Waals surface area contributed by atoms with Crippen LogP contribution in [0.2, 0.25) is 0 Å². The fourth-order valence-electron chi connectivity index (χ4n) is 3.94. The molecule has 2 aliphatic carbocycles. The monoisotopic (exact) mass is 277 g/mol. The maximum atomic E-state index is 6.61. The van der Waals surface area contributed by atoms with E-state index in [0.29, 0.717) is 6.04 Å². The zero-order valence-electron chi connectivity index (χ0n) is 12.2. The minimum Gasteiger partial charge on any atom is -0.323 e. The lowest BCUT2D eigenvalue weighted by molar-refractivity contribution is 0.232. The van der Waals surface area contributed by atoms with Crippen molar-refractivity contribution in [3.8, 4) is 0 Å². The third-order valence-corrected chi connectivity index (χ3v) is 6.59. The van der Waals surface area contributed by atoms with Crippen LogP contribution in [0.1, 0.15) is 73.2 Å². The summed E-state index contributed by atoms with van der Waals surface area (Å²) in [6.07, 6.45) is 12.2. The molecule has 1 heterocycles. The molecule has 3 atom stereocenters. The molecule has 3 unspecified atom stereocenters. The molecule has 0 bridgehead atoms. The van der Waals surface area contributed by atoms with E-state index in [4.69, 9.17) is 5.73 Å². The zero-order chi connectivity index (χ0) is 13.2. The van der Waals surface area contributed by atoms with Crippen molar-refractivity contribution < 1.29 is 0 Å². The van der Waals surface area contributed by atoms with E-state index in [1.165, 1.54) is 62.7 Å². The van der Waals surface area contributed by atoms with Gasteiger partial charge in [0.05, 0.1) is 0 Å². The Morgan fingerprint density at radius 2 is 2.11 bits per heavy atom. The molecule has 2 aliphatic rings. The summed E-state index contributed by atoms with van der Waals surface area (Å²) in [6, 6.07) is 2.75. The van der Waals surface area contributed by atoms with Crippen molar-refractivity contribution in [1.82, 2.24) is 0 Å². The van der Waals surface area contributed by atoms with E-state index in [1.54, 1.807) is 10.4 Å². The van der Waals surface area contributed by atoms with E-state index in [2.05, 4.69) is 13.0 Å². The fraction of sp³-hybridized carbons (Fsp3) is 0.765. The summed E-state index contributed by atoms with van der Waals surface area (Å²) in [5.41, 5.74) is 8.22. The van der Waals surface area contributed by atoms with Crippen LogP contribution in [0.15, 0.2) is 6.07 Å². The van der Waals surface area contributed by atoms with E-state index < -0.39 is 0 Å². The van der Waals surface area contributed by atoms with Crippen LogP contribution in [0.25, 0.3) is 0 Å². The number of hydrogen-bond donors (Lipinski definition) is 1. The first-order valence-electron chi connectivity index (χ1n) is 8.15. The summed E-state index contributed by atoms with van der Waals surface area (Å²) >= 11 is 2.02. The van der Waals surface area contributed by atoms with Crippen molar-refractivity contribution in [2.24, 2.45) is 17.6 Å². The number of thiophene rings is 1. The number of hydrogen-bond acceptors (Lipinski definition) is 2. The highest BCUT2D eigenvalue weighted by Crippen LogP contribution is 2.41. The van der Waals surface area contributed by atoms with E-state index in [0.717, 1.165) is 11.8 Å². The van der Waals surface area contributed by atoms with Crippen LogP contribution in [0.3, 0.4) is 0 Å². The minimum absolute atomic E-state index is 0.310. The van der Waals surface area contributed by atoms with E-state index in [9.17, 15) is 0 Å². The summed E-state index contributed by atoms with van der Waals surface area (Å²) in [5, 5.41) is 0. The number of aryl methyl sites for hydroxylation is 2. The first kappa shape index (κ1) is 13.6. The molecule has 0 radical (unpaired) electrons. The van der Waals surface area contributed by atoms with Crippen LogP contribution in [0.5, 0.6) is 0 Å². The normalized spacial score (nSPS) is 28.9. The van der Waals surface area contributed by atoms with Gasteiger partial charge in [-0.05, 0) is 62.0 Å². The van der Waals surface area contributed by atoms with Crippen LogP contribution >= 0.6 is 11.3 Å². The Balaban J connectivity index is 1.72. The topological polar surface area (TPSA) is 26.0 Å². The molecule has 1 nitrogen and oxygen atoms in total. The molecule has 106 valence electrons. The second-order valence-electron chi connectivity index (χ2n) is 6.53. The first-order valence-corrected chi connectivity index (χ1v) is 8.96. The van der Waals surface area contributed by atoms with Gasteiger partial charge in [-0.25, -0.2) is 0 Å². The first-order chi connectivity index (χ1) is 9.28. The highest BCUT2D eigenvalue weighted by Gasteiger charge is 2.28. The van der Waals surface area contributed by atoms with Crippen LogP contribution < -0.4 is 5.73 Å². The third kappa shape index (κ3) is 2.90. The quantitative estimate of drug-likeness (QED) is 0.840. The Bertz CT molecular complexity index is 399. The molecule has 19 heavy (non-hydrogen) atoms. The molecule has 0 aromatic carbocycles. The molecule has 1 aromatic rings. The van der Waals surface area contributed by atoms with Crippen molar-refractivity contribution in [1.29, 1.82) is 0 Å². The number of fused-ring (bicyclic) bond motifs is 1. The van der Waals surface area contributed by atoms with Gasteiger partial charge in [0.1, 0.15) is 0 Å². The second kappa shape index (κ2) is 5.97. The van der Waals surface area contributed by atoms with Gasteiger partial charge in [-0.2, -0.15) is 0 Å². The number of nitrogens with two attached hydrogens (primary N) is 1. The zero-order valence-corrected chi connectivity index (χ0v) is 13.0. The Kier molecular flexibility index (Phi) is 4.28. The van der Waals surface area contributed by atoms with Crippen LogP contribution in [-0.2, 0) is 12.8 Å². The van der Waals surface area contributed by atoms with Gasteiger partial charge in [-0.1, -0.05) is 26.2 Å². The van der Waals surface area contributed by atoms with Gasteiger partial charge in [0.2, 0.25) is 0 Å². The molecular formula is C17H27NS. The highest BCUT2D eigenvalue weighted by molar-refractivity contribution is 7.12. The fourth-order valence-corrected chi connectivity index (χ4v) is 5.29. The second-order valence-corrected chi connectivity index (χ2v) is 7.70. The maximum Gasteiger partial charge on any atom is 0.0418 e. The molecule has 2 N–H and O–H groups in total. The summed E-state index contributed by atoms with van der Waals surface area (Å²) < 4.78 is 0. The summed E-state index contributed by atoms with van der Waals surface area (Å²) in [7, 11) is 0. The number of rotatable bonds is 3. The SMILES string of the molecule is CCC1CCCC(C(N)c2cc3c(s2)CCCC3)C1. The predicted octanol–water partition coefficient (Wildman–Crippen LogP) is 4.84. The van der Waals surface area contributed by atoms with Gasteiger partial charge in [-0.3, -0.25) is 0 Å². The molecule has 0 saturated heterocycles. The molecule has 0 spiro atoms. The van der Waals surface area contributed by atoms with Crippen molar-refractivity contribution in [2.75, 3.05) is 0 Å². The van der Waals surface area contributed by atoms with E-state index >= 15 is 0 Å². The van der Waals surface area contributed by atoms with Crippen molar-refractivity contribution >= 4 is 11.3 Å². The average Bonchev–Trinajstić information content (AvgIpc) is 2.90. The Labute approximate surface area is 121 Å². The van der Waals surface area contributed by atoms with Crippen LogP contribution in [0.4, 0.5) is 0 Å². The van der Waals surface area contributed by atoms with Crippen molar-refractivity contribution in [2.45, 2.75) is 70.8 Å². The van der Waals surface area contributed by atoms with Gasteiger partial charge in [0.25, 0.3) is 0 Å². The van der Waals surface area contributed by atoms with Crippen molar-refractivity contribution in [3.63, 3.8) is 0 Å². The summed E-state index contributed by atoms with van der Waals surface area (Å²) in [5.74, 6) is 1.66. The van der Waals surface area contributed by atoms with Gasteiger partial charge < -0.3 is 5.73 Å². The lowest BCUT2D eigenvalue weighted by Crippen LogP contribution is -2.26. The predicted molar refractivity (Wildman–Crippen MR) is 83.6 cm³/mol. The largest absolute Gasteiger partial charge is 0.323 e. The molecule has 1 saturated carbocycles. The molecule has 1 fully saturated rings. The van der Waals surface area contributed by atoms with Crippen LogP contribution in [0, 0.1) is 11.8 Å². The van der Waals surface area contributed by atoms with Gasteiger partial charge in [0, 0.05) is 15.8 Å².